The van der Waals surface area contributed by atoms with Crippen LogP contribution in [0.2, 0.25) is 0 Å². The van der Waals surface area contributed by atoms with Crippen LogP contribution in [-0.2, 0) is 13.0 Å². The summed E-state index contributed by atoms with van der Waals surface area (Å²) < 4.78 is 0. The zero-order valence-electron chi connectivity index (χ0n) is 10.6. The lowest BCUT2D eigenvalue weighted by Gasteiger charge is -2.05. The molecular weight excluding hydrogens is 236 g/mol. The number of pyridine rings is 1. The predicted octanol–water partition coefficient (Wildman–Crippen LogP) is 2.29. The van der Waals surface area contributed by atoms with Gasteiger partial charge in [-0.25, -0.2) is 4.98 Å². The zero-order chi connectivity index (χ0) is 12.9. The molecule has 2 heterocycles. The van der Waals surface area contributed by atoms with Crippen molar-refractivity contribution in [3.63, 3.8) is 0 Å². The summed E-state index contributed by atoms with van der Waals surface area (Å²) in [4.78, 5) is 11.2. The molecule has 4 heteroatoms. The topological polar surface area (TPSA) is 53.6 Å². The number of benzene rings is 1. The summed E-state index contributed by atoms with van der Waals surface area (Å²) in [6, 6.07) is 8.52. The van der Waals surface area contributed by atoms with Crippen molar-refractivity contribution in [1.82, 2.24) is 20.3 Å². The Morgan fingerprint density at radius 2 is 2.05 bits per heavy atom. The average molecular weight is 252 g/mol. The Morgan fingerprint density at radius 1 is 1.05 bits per heavy atom. The third-order valence-corrected chi connectivity index (χ3v) is 3.16. The Hall–Kier alpha value is -2.20. The highest BCUT2D eigenvalue weighted by Crippen LogP contribution is 2.14. The van der Waals surface area contributed by atoms with Crippen LogP contribution in [0, 0.1) is 0 Å². The molecule has 0 amide bonds. The van der Waals surface area contributed by atoms with Gasteiger partial charge in [0.25, 0.3) is 0 Å². The van der Waals surface area contributed by atoms with Gasteiger partial charge in [0.15, 0.2) is 0 Å². The number of rotatable bonds is 5. The Kier molecular flexibility index (Phi) is 3.51. The standard InChI is InChI=1S/C15H16N4/c1-2-14-9-17-5-3-13(14)7-12(1)8-16-6-4-15-10-18-11-19-15/h1-3,5,7,9-11,16H,4,6,8H2,(H,18,19). The van der Waals surface area contributed by atoms with Gasteiger partial charge < -0.3 is 10.3 Å². The number of nitrogens with one attached hydrogen (secondary N) is 2. The molecule has 0 aliphatic carbocycles. The summed E-state index contributed by atoms with van der Waals surface area (Å²) in [5.74, 6) is 0. The Balaban J connectivity index is 1.56. The highest BCUT2D eigenvalue weighted by atomic mass is 14.9. The first-order chi connectivity index (χ1) is 9.42. The van der Waals surface area contributed by atoms with Crippen molar-refractivity contribution in [3.05, 3.63) is 60.4 Å². The molecule has 0 spiro atoms. The van der Waals surface area contributed by atoms with Gasteiger partial charge in [0.05, 0.1) is 6.33 Å². The molecule has 0 atom stereocenters. The first-order valence-corrected chi connectivity index (χ1v) is 6.42. The summed E-state index contributed by atoms with van der Waals surface area (Å²) in [5.41, 5.74) is 2.46. The molecule has 2 N–H and O–H groups in total. The monoisotopic (exact) mass is 252 g/mol. The fourth-order valence-corrected chi connectivity index (χ4v) is 2.12. The predicted molar refractivity (Wildman–Crippen MR) is 75.7 cm³/mol. The first-order valence-electron chi connectivity index (χ1n) is 6.42. The maximum absolute atomic E-state index is 4.12. The molecule has 96 valence electrons. The van der Waals surface area contributed by atoms with Crippen LogP contribution in [0.25, 0.3) is 10.8 Å². The molecule has 0 bridgehead atoms. The zero-order valence-corrected chi connectivity index (χ0v) is 10.6. The maximum Gasteiger partial charge on any atom is 0.0921 e. The van der Waals surface area contributed by atoms with Gasteiger partial charge in [-0.3, -0.25) is 4.98 Å². The third-order valence-electron chi connectivity index (χ3n) is 3.16. The van der Waals surface area contributed by atoms with Gasteiger partial charge in [0.1, 0.15) is 0 Å². The quantitative estimate of drug-likeness (QED) is 0.685. The Morgan fingerprint density at radius 3 is 2.95 bits per heavy atom. The highest BCUT2D eigenvalue weighted by Gasteiger charge is 1.97. The summed E-state index contributed by atoms with van der Waals surface area (Å²) in [7, 11) is 0. The average Bonchev–Trinajstić information content (AvgIpc) is 2.97. The Labute approximate surface area is 111 Å². The lowest BCUT2D eigenvalue weighted by molar-refractivity contribution is 0.682. The number of hydrogen-bond donors (Lipinski definition) is 2. The molecule has 19 heavy (non-hydrogen) atoms. The van der Waals surface area contributed by atoms with Crippen LogP contribution >= 0.6 is 0 Å². The number of H-pyrrole nitrogens is 1. The van der Waals surface area contributed by atoms with Crippen LogP contribution in [0.5, 0.6) is 0 Å². The fraction of sp³-hybridized carbons (Fsp3) is 0.200. The minimum Gasteiger partial charge on any atom is -0.348 e. The van der Waals surface area contributed by atoms with Crippen molar-refractivity contribution in [2.45, 2.75) is 13.0 Å². The van der Waals surface area contributed by atoms with Crippen molar-refractivity contribution in [1.29, 1.82) is 0 Å². The van der Waals surface area contributed by atoms with Crippen molar-refractivity contribution >= 4 is 10.8 Å². The van der Waals surface area contributed by atoms with E-state index >= 15 is 0 Å². The van der Waals surface area contributed by atoms with Crippen LogP contribution in [0.3, 0.4) is 0 Å². The van der Waals surface area contributed by atoms with Crippen LogP contribution in [0.15, 0.2) is 49.2 Å². The van der Waals surface area contributed by atoms with Crippen molar-refractivity contribution in [2.24, 2.45) is 0 Å². The van der Waals surface area contributed by atoms with E-state index in [2.05, 4.69) is 38.5 Å². The molecule has 0 fully saturated rings. The molecular formula is C15H16N4. The van der Waals surface area contributed by atoms with Gasteiger partial charge in [-0.2, -0.15) is 0 Å². The van der Waals surface area contributed by atoms with Crippen LogP contribution in [0.1, 0.15) is 11.3 Å². The minimum atomic E-state index is 0.881. The van der Waals surface area contributed by atoms with E-state index in [0.29, 0.717) is 0 Å². The second kappa shape index (κ2) is 5.63. The van der Waals surface area contributed by atoms with Crippen molar-refractivity contribution in [2.75, 3.05) is 6.54 Å². The maximum atomic E-state index is 4.12. The summed E-state index contributed by atoms with van der Waals surface area (Å²) in [6.07, 6.45) is 8.28. The molecule has 0 radical (unpaired) electrons. The largest absolute Gasteiger partial charge is 0.348 e. The van der Waals surface area contributed by atoms with E-state index in [1.54, 1.807) is 6.33 Å². The van der Waals surface area contributed by atoms with Gasteiger partial charge in [-0.15, -0.1) is 0 Å². The van der Waals surface area contributed by atoms with E-state index < -0.39 is 0 Å². The second-order valence-electron chi connectivity index (χ2n) is 4.56. The van der Waals surface area contributed by atoms with E-state index in [9.17, 15) is 0 Å². The molecule has 0 aliphatic heterocycles. The lowest BCUT2D eigenvalue weighted by Crippen LogP contribution is -2.16. The summed E-state index contributed by atoms with van der Waals surface area (Å²) in [5, 5.41) is 5.86. The molecule has 0 aliphatic rings. The third kappa shape index (κ3) is 2.98. The number of nitrogens with zero attached hydrogens (tertiary/aromatic N) is 2. The van der Waals surface area contributed by atoms with E-state index in [0.717, 1.165) is 25.2 Å². The van der Waals surface area contributed by atoms with Crippen LogP contribution < -0.4 is 5.32 Å². The smallest absolute Gasteiger partial charge is 0.0921 e. The number of hydrogen-bond acceptors (Lipinski definition) is 3. The number of aromatic nitrogens is 3. The molecule has 4 nitrogen and oxygen atoms in total. The van der Waals surface area contributed by atoms with Crippen LogP contribution in [-0.4, -0.2) is 21.5 Å². The summed E-state index contributed by atoms with van der Waals surface area (Å²) in [6.45, 7) is 1.82. The van der Waals surface area contributed by atoms with Crippen molar-refractivity contribution < 1.29 is 0 Å². The number of aromatic amines is 1. The van der Waals surface area contributed by atoms with E-state index in [1.807, 2.05) is 24.7 Å². The van der Waals surface area contributed by atoms with Crippen LogP contribution in [0.4, 0.5) is 0 Å². The number of fused-ring (bicyclic) bond motifs is 1. The molecule has 3 aromatic rings. The molecule has 0 saturated carbocycles. The van der Waals surface area contributed by atoms with E-state index in [4.69, 9.17) is 0 Å². The van der Waals surface area contributed by atoms with Crippen molar-refractivity contribution in [3.8, 4) is 0 Å². The molecule has 2 aromatic heterocycles. The van der Waals surface area contributed by atoms with E-state index in [1.165, 1.54) is 16.3 Å². The van der Waals surface area contributed by atoms with Gasteiger partial charge in [0.2, 0.25) is 0 Å². The molecule has 0 unspecified atom stereocenters. The van der Waals surface area contributed by atoms with Gasteiger partial charge >= 0.3 is 0 Å². The van der Waals surface area contributed by atoms with E-state index in [-0.39, 0.29) is 0 Å². The normalized spacial score (nSPS) is 10.9. The summed E-state index contributed by atoms with van der Waals surface area (Å²) >= 11 is 0. The fourth-order valence-electron chi connectivity index (χ4n) is 2.12. The Bertz CT molecular complexity index is 646. The van der Waals surface area contributed by atoms with Gasteiger partial charge in [0, 0.05) is 49.2 Å². The van der Waals surface area contributed by atoms with Gasteiger partial charge in [-0.1, -0.05) is 12.1 Å². The van der Waals surface area contributed by atoms with Gasteiger partial charge in [-0.05, 0) is 23.1 Å². The number of imidazole rings is 1. The molecule has 0 saturated heterocycles. The SMILES string of the molecule is c1cc2cc(CNCCc3cnc[nH]3)ccc2cn1. The molecule has 3 rings (SSSR count). The first kappa shape index (κ1) is 11.9. The highest BCUT2D eigenvalue weighted by molar-refractivity contribution is 5.81. The lowest BCUT2D eigenvalue weighted by atomic mass is 10.1. The molecule has 1 aromatic carbocycles. The second-order valence-corrected chi connectivity index (χ2v) is 4.56. The minimum absolute atomic E-state index is 0.881.